The van der Waals surface area contributed by atoms with Crippen LogP contribution in [-0.2, 0) is 0 Å². The predicted molar refractivity (Wildman–Crippen MR) is 113 cm³/mol. The number of benzene rings is 2. The van der Waals surface area contributed by atoms with Crippen LogP contribution in [0.2, 0.25) is 0 Å². The lowest BCUT2D eigenvalue weighted by molar-refractivity contribution is 0.102. The number of rotatable bonds is 3. The Morgan fingerprint density at radius 1 is 0.929 bits per heavy atom. The third-order valence-electron chi connectivity index (χ3n) is 5.30. The van der Waals surface area contributed by atoms with E-state index in [1.54, 1.807) is 0 Å². The highest BCUT2D eigenvalue weighted by Gasteiger charge is 2.19. The lowest BCUT2D eigenvalue weighted by atomic mass is 10.1. The van der Waals surface area contributed by atoms with Crippen LogP contribution in [-0.4, -0.2) is 54.0 Å². The van der Waals surface area contributed by atoms with Crippen LogP contribution in [0.3, 0.4) is 0 Å². The Labute approximate surface area is 165 Å². The molecule has 0 unspecified atom stereocenters. The first-order chi connectivity index (χ1) is 13.5. The van der Waals surface area contributed by atoms with Gasteiger partial charge in [-0.1, -0.05) is 30.3 Å². The molecule has 0 aliphatic carbocycles. The summed E-state index contributed by atoms with van der Waals surface area (Å²) in [7, 11) is 2.13. The van der Waals surface area contributed by atoms with E-state index in [9.17, 15) is 4.79 Å². The Bertz CT molecular complexity index is 1000. The summed E-state index contributed by atoms with van der Waals surface area (Å²) in [6.07, 6.45) is 0. The molecule has 1 N–H and O–H groups in total. The van der Waals surface area contributed by atoms with Gasteiger partial charge in [0.15, 0.2) is 0 Å². The maximum absolute atomic E-state index is 12.8. The van der Waals surface area contributed by atoms with Crippen LogP contribution in [0.4, 0.5) is 11.6 Å². The van der Waals surface area contributed by atoms with Crippen LogP contribution >= 0.6 is 0 Å². The molecule has 0 saturated carbocycles. The Morgan fingerprint density at radius 3 is 2.25 bits per heavy atom. The molecule has 28 heavy (non-hydrogen) atoms. The van der Waals surface area contributed by atoms with Crippen LogP contribution in [0.15, 0.2) is 42.5 Å². The maximum atomic E-state index is 12.8. The molecule has 1 aliphatic heterocycles. The van der Waals surface area contributed by atoms with E-state index in [2.05, 4.69) is 32.1 Å². The summed E-state index contributed by atoms with van der Waals surface area (Å²) < 4.78 is 0. The quantitative estimate of drug-likeness (QED) is 0.761. The monoisotopic (exact) mass is 375 g/mol. The van der Waals surface area contributed by atoms with E-state index >= 15 is 0 Å². The summed E-state index contributed by atoms with van der Waals surface area (Å²) in [4.78, 5) is 26.6. The fraction of sp³-hybridized carbons (Fsp3) is 0.318. The van der Waals surface area contributed by atoms with Gasteiger partial charge >= 0.3 is 0 Å². The maximum Gasteiger partial charge on any atom is 0.255 e. The minimum absolute atomic E-state index is 0.145. The van der Waals surface area contributed by atoms with E-state index in [-0.39, 0.29) is 5.91 Å². The van der Waals surface area contributed by atoms with E-state index in [1.807, 2.05) is 56.3 Å². The third-order valence-corrected chi connectivity index (χ3v) is 5.30. The lowest BCUT2D eigenvalue weighted by Crippen LogP contribution is -2.45. The summed E-state index contributed by atoms with van der Waals surface area (Å²) in [5, 5.41) is 5.17. The van der Waals surface area contributed by atoms with Gasteiger partial charge in [-0.25, -0.2) is 9.97 Å². The van der Waals surface area contributed by atoms with Gasteiger partial charge in [-0.05, 0) is 43.8 Å². The molecule has 2 aromatic carbocycles. The highest BCUT2D eigenvalue weighted by molar-refractivity contribution is 6.06. The zero-order chi connectivity index (χ0) is 19.7. The normalized spacial score (nSPS) is 15.0. The van der Waals surface area contributed by atoms with Crippen LogP contribution in [0, 0.1) is 13.8 Å². The first kappa shape index (κ1) is 18.4. The number of amides is 1. The van der Waals surface area contributed by atoms with Gasteiger partial charge in [0.25, 0.3) is 5.91 Å². The summed E-state index contributed by atoms with van der Waals surface area (Å²) in [6, 6.07) is 13.7. The van der Waals surface area contributed by atoms with E-state index in [0.717, 1.165) is 54.3 Å². The number of carbonyl (C=O) groups excluding carboxylic acids is 1. The molecule has 1 aromatic heterocycles. The number of carbonyl (C=O) groups is 1. The molecule has 0 radical (unpaired) electrons. The number of anilines is 2. The van der Waals surface area contributed by atoms with Gasteiger partial charge in [0, 0.05) is 31.7 Å². The van der Waals surface area contributed by atoms with Crippen molar-refractivity contribution in [2.75, 3.05) is 43.4 Å². The van der Waals surface area contributed by atoms with Crippen LogP contribution in [0.1, 0.15) is 21.7 Å². The van der Waals surface area contributed by atoms with Crippen molar-refractivity contribution in [3.63, 3.8) is 0 Å². The summed E-state index contributed by atoms with van der Waals surface area (Å²) in [5.74, 6) is 0.597. The number of aromatic nitrogens is 2. The summed E-state index contributed by atoms with van der Waals surface area (Å²) in [6.45, 7) is 7.68. The molecule has 0 bridgehead atoms. The molecule has 1 aliphatic rings. The van der Waals surface area contributed by atoms with Crippen molar-refractivity contribution in [2.45, 2.75) is 13.8 Å². The minimum atomic E-state index is -0.145. The average molecular weight is 375 g/mol. The Balaban J connectivity index is 1.56. The number of piperazine rings is 1. The van der Waals surface area contributed by atoms with Gasteiger partial charge in [-0.3, -0.25) is 4.79 Å². The van der Waals surface area contributed by atoms with Crippen LogP contribution in [0.25, 0.3) is 10.8 Å². The van der Waals surface area contributed by atoms with Gasteiger partial charge in [0.2, 0.25) is 5.95 Å². The van der Waals surface area contributed by atoms with Crippen LogP contribution < -0.4 is 10.2 Å². The second-order valence-corrected chi connectivity index (χ2v) is 7.38. The molecule has 0 spiro atoms. The zero-order valence-corrected chi connectivity index (χ0v) is 16.6. The molecule has 6 nitrogen and oxygen atoms in total. The zero-order valence-electron chi connectivity index (χ0n) is 16.6. The van der Waals surface area contributed by atoms with E-state index < -0.39 is 0 Å². The fourth-order valence-electron chi connectivity index (χ4n) is 3.54. The highest BCUT2D eigenvalue weighted by atomic mass is 16.1. The van der Waals surface area contributed by atoms with E-state index in [1.165, 1.54) is 0 Å². The number of likely N-dealkylation sites (N-methyl/N-ethyl adjacent to an activating group) is 1. The molecule has 3 aromatic rings. The first-order valence-corrected chi connectivity index (χ1v) is 9.60. The van der Waals surface area contributed by atoms with Crippen LogP contribution in [0.5, 0.6) is 0 Å². The molecule has 1 amide bonds. The first-order valence-electron chi connectivity index (χ1n) is 9.60. The molecule has 2 heterocycles. The molecule has 4 rings (SSSR count). The van der Waals surface area contributed by atoms with E-state index in [4.69, 9.17) is 0 Å². The molecule has 0 atom stereocenters. The Hall–Kier alpha value is -2.99. The number of hydrogen-bond acceptors (Lipinski definition) is 5. The van der Waals surface area contributed by atoms with Crippen molar-refractivity contribution in [3.8, 4) is 0 Å². The summed E-state index contributed by atoms with van der Waals surface area (Å²) in [5.41, 5.74) is 2.89. The van der Waals surface area contributed by atoms with Gasteiger partial charge in [-0.15, -0.1) is 0 Å². The standard InChI is InChI=1S/C22H25N5O/c1-15-20(16(2)24-22(23-15)27-12-10-26(3)11-13-27)25-21(28)19-9-8-17-6-4-5-7-18(17)14-19/h4-9,14H,10-13H2,1-3H3,(H,25,28). The fourth-order valence-corrected chi connectivity index (χ4v) is 3.54. The van der Waals surface area contributed by atoms with Crippen molar-refractivity contribution < 1.29 is 4.79 Å². The van der Waals surface area contributed by atoms with E-state index in [0.29, 0.717) is 11.3 Å². The molecule has 1 fully saturated rings. The topological polar surface area (TPSA) is 61.4 Å². The number of fused-ring (bicyclic) bond motifs is 1. The smallest absolute Gasteiger partial charge is 0.255 e. The SMILES string of the molecule is Cc1nc(N2CCN(C)CC2)nc(C)c1NC(=O)c1ccc2ccccc2c1. The average Bonchev–Trinajstić information content (AvgIpc) is 2.70. The molecular formula is C22H25N5O. The number of hydrogen-bond donors (Lipinski definition) is 1. The van der Waals surface area contributed by atoms with Crippen molar-refractivity contribution in [3.05, 3.63) is 59.4 Å². The Morgan fingerprint density at radius 2 is 1.57 bits per heavy atom. The number of nitrogens with one attached hydrogen (secondary N) is 1. The molecular weight excluding hydrogens is 350 g/mol. The largest absolute Gasteiger partial charge is 0.338 e. The second-order valence-electron chi connectivity index (χ2n) is 7.38. The Kier molecular flexibility index (Phi) is 4.96. The molecule has 6 heteroatoms. The lowest BCUT2D eigenvalue weighted by Gasteiger charge is -2.32. The van der Waals surface area contributed by atoms with Crippen molar-refractivity contribution in [1.82, 2.24) is 14.9 Å². The van der Waals surface area contributed by atoms with Gasteiger partial charge in [0.1, 0.15) is 0 Å². The van der Waals surface area contributed by atoms with Crippen molar-refractivity contribution in [1.29, 1.82) is 0 Å². The molecule has 144 valence electrons. The van der Waals surface area contributed by atoms with Gasteiger partial charge < -0.3 is 15.1 Å². The number of nitrogens with zero attached hydrogens (tertiary/aromatic N) is 4. The van der Waals surface area contributed by atoms with Crippen molar-refractivity contribution in [2.24, 2.45) is 0 Å². The number of aryl methyl sites for hydroxylation is 2. The second kappa shape index (κ2) is 7.56. The van der Waals surface area contributed by atoms with Crippen molar-refractivity contribution >= 4 is 28.3 Å². The van der Waals surface area contributed by atoms with Gasteiger partial charge in [-0.2, -0.15) is 0 Å². The highest BCUT2D eigenvalue weighted by Crippen LogP contribution is 2.23. The summed E-state index contributed by atoms with van der Waals surface area (Å²) >= 11 is 0. The molecule has 1 saturated heterocycles. The predicted octanol–water partition coefficient (Wildman–Crippen LogP) is 3.25. The minimum Gasteiger partial charge on any atom is -0.338 e. The third kappa shape index (κ3) is 3.68. The van der Waals surface area contributed by atoms with Gasteiger partial charge in [0.05, 0.1) is 17.1 Å².